The van der Waals surface area contributed by atoms with Crippen LogP contribution in [-0.2, 0) is 11.3 Å². The Morgan fingerprint density at radius 3 is 2.39 bits per heavy atom. The van der Waals surface area contributed by atoms with Crippen LogP contribution in [0.4, 0.5) is 0 Å². The van der Waals surface area contributed by atoms with Crippen molar-refractivity contribution in [1.82, 2.24) is 14.4 Å². The standard InChI is InChI=1S/C30H41N3O5/c1-29(2)19-32(27(36)23(18-34)15-21-9-8-10-21)14-13-30(29,38)20-33-17-25(28(37)31(3)4)24(16-26(33)35)22-11-6-5-7-12-22/h5-7,11-12,16-17,21,23,34,38H,8-10,13-15,18-20H2,1-4H3/t23?,30-/m0/s1. The number of pyridine rings is 1. The number of amides is 2. The molecule has 2 fully saturated rings. The van der Waals surface area contributed by atoms with Gasteiger partial charge in [-0.15, -0.1) is 0 Å². The molecule has 38 heavy (non-hydrogen) atoms. The number of likely N-dealkylation sites (tertiary alicyclic amines) is 1. The number of carbonyl (C=O) groups is 2. The van der Waals surface area contributed by atoms with Gasteiger partial charge in [0.2, 0.25) is 5.91 Å². The lowest BCUT2D eigenvalue weighted by Gasteiger charge is -2.51. The third-order valence-corrected chi connectivity index (χ3v) is 8.64. The van der Waals surface area contributed by atoms with E-state index in [0.717, 1.165) is 18.4 Å². The van der Waals surface area contributed by atoms with Gasteiger partial charge in [0.15, 0.2) is 0 Å². The molecule has 2 aliphatic rings. The lowest BCUT2D eigenvalue weighted by atomic mass is 9.69. The van der Waals surface area contributed by atoms with Crippen molar-refractivity contribution in [3.8, 4) is 11.1 Å². The second kappa shape index (κ2) is 11.0. The number of nitrogens with zero attached hydrogens (tertiary/aromatic N) is 3. The van der Waals surface area contributed by atoms with Crippen LogP contribution in [0.25, 0.3) is 11.1 Å². The molecular weight excluding hydrogens is 482 g/mol. The minimum absolute atomic E-state index is 0.00907. The van der Waals surface area contributed by atoms with Crippen LogP contribution in [-0.4, -0.2) is 75.8 Å². The van der Waals surface area contributed by atoms with E-state index in [-0.39, 0.29) is 36.9 Å². The van der Waals surface area contributed by atoms with Crippen molar-refractivity contribution in [3.63, 3.8) is 0 Å². The minimum Gasteiger partial charge on any atom is -0.396 e. The molecular formula is C30H41N3O5. The number of benzene rings is 1. The molecule has 8 heteroatoms. The molecule has 0 bridgehead atoms. The van der Waals surface area contributed by atoms with Crippen LogP contribution in [0.2, 0.25) is 0 Å². The summed E-state index contributed by atoms with van der Waals surface area (Å²) in [6.07, 6.45) is 5.98. The van der Waals surface area contributed by atoms with E-state index in [0.29, 0.717) is 36.6 Å². The van der Waals surface area contributed by atoms with Gasteiger partial charge in [0, 0.05) is 50.4 Å². The van der Waals surface area contributed by atoms with Gasteiger partial charge in [0.25, 0.3) is 11.5 Å². The Labute approximate surface area is 224 Å². The SMILES string of the molecule is CN(C)C(=O)c1cn(C[C@@]2(O)CCN(C(=O)C(CO)CC3CCC3)CC2(C)C)c(=O)cc1-c1ccccc1. The highest BCUT2D eigenvalue weighted by Crippen LogP contribution is 2.41. The fourth-order valence-corrected chi connectivity index (χ4v) is 5.73. The lowest BCUT2D eigenvalue weighted by molar-refractivity contribution is -0.159. The molecule has 1 aromatic carbocycles. The molecule has 2 heterocycles. The summed E-state index contributed by atoms with van der Waals surface area (Å²) in [6, 6.07) is 10.8. The number of piperidine rings is 1. The van der Waals surface area contributed by atoms with E-state index < -0.39 is 16.9 Å². The van der Waals surface area contributed by atoms with Crippen LogP contribution in [0.3, 0.4) is 0 Å². The van der Waals surface area contributed by atoms with Crippen molar-refractivity contribution in [2.45, 2.75) is 58.1 Å². The van der Waals surface area contributed by atoms with Crippen molar-refractivity contribution in [2.24, 2.45) is 17.3 Å². The van der Waals surface area contributed by atoms with Gasteiger partial charge in [0.1, 0.15) is 0 Å². The first-order valence-corrected chi connectivity index (χ1v) is 13.6. The number of aliphatic hydroxyl groups excluding tert-OH is 1. The maximum atomic E-state index is 13.3. The predicted octanol–water partition coefficient (Wildman–Crippen LogP) is 3.01. The summed E-state index contributed by atoms with van der Waals surface area (Å²) >= 11 is 0. The predicted molar refractivity (Wildman–Crippen MR) is 147 cm³/mol. The van der Waals surface area contributed by atoms with E-state index >= 15 is 0 Å². The highest BCUT2D eigenvalue weighted by molar-refractivity contribution is 6.00. The fraction of sp³-hybridized carbons (Fsp3) is 0.567. The molecule has 4 rings (SSSR count). The monoisotopic (exact) mass is 523 g/mol. The summed E-state index contributed by atoms with van der Waals surface area (Å²) in [5, 5.41) is 21.7. The number of rotatable bonds is 8. The van der Waals surface area contributed by atoms with Gasteiger partial charge in [-0.1, -0.05) is 63.4 Å². The molecule has 2 N–H and O–H groups in total. The van der Waals surface area contributed by atoms with E-state index in [2.05, 4.69) is 0 Å². The van der Waals surface area contributed by atoms with E-state index in [4.69, 9.17) is 0 Å². The maximum absolute atomic E-state index is 13.3. The fourth-order valence-electron chi connectivity index (χ4n) is 5.73. The third kappa shape index (κ3) is 5.57. The van der Waals surface area contributed by atoms with Crippen molar-refractivity contribution >= 4 is 11.8 Å². The Morgan fingerprint density at radius 1 is 1.16 bits per heavy atom. The number of aromatic nitrogens is 1. The van der Waals surface area contributed by atoms with Crippen LogP contribution < -0.4 is 5.56 Å². The highest BCUT2D eigenvalue weighted by atomic mass is 16.3. The second-order valence-corrected chi connectivity index (χ2v) is 12.0. The summed E-state index contributed by atoms with van der Waals surface area (Å²) in [7, 11) is 3.33. The van der Waals surface area contributed by atoms with Gasteiger partial charge < -0.3 is 24.6 Å². The van der Waals surface area contributed by atoms with Crippen LogP contribution in [0.15, 0.2) is 47.4 Å². The molecule has 0 spiro atoms. The Balaban J connectivity index is 1.58. The zero-order valence-corrected chi connectivity index (χ0v) is 23.0. The van der Waals surface area contributed by atoms with Crippen molar-refractivity contribution in [2.75, 3.05) is 33.8 Å². The van der Waals surface area contributed by atoms with Gasteiger partial charge in [-0.2, -0.15) is 0 Å². The van der Waals surface area contributed by atoms with Crippen LogP contribution >= 0.6 is 0 Å². The third-order valence-electron chi connectivity index (χ3n) is 8.64. The summed E-state index contributed by atoms with van der Waals surface area (Å²) in [6.45, 7) is 4.32. The smallest absolute Gasteiger partial charge is 0.255 e. The molecule has 206 valence electrons. The molecule has 1 unspecified atom stereocenters. The second-order valence-electron chi connectivity index (χ2n) is 12.0. The summed E-state index contributed by atoms with van der Waals surface area (Å²) in [5.74, 6) is -0.186. The Morgan fingerprint density at radius 2 is 1.84 bits per heavy atom. The zero-order chi connectivity index (χ0) is 27.7. The van der Waals surface area contributed by atoms with E-state index in [1.807, 2.05) is 44.2 Å². The van der Waals surface area contributed by atoms with Crippen molar-refractivity contribution < 1.29 is 19.8 Å². The van der Waals surface area contributed by atoms with Gasteiger partial charge in [0.05, 0.1) is 30.2 Å². The zero-order valence-electron chi connectivity index (χ0n) is 23.0. The molecule has 2 aromatic rings. The average molecular weight is 524 g/mol. The molecule has 2 amide bonds. The number of aliphatic hydroxyl groups is 2. The van der Waals surface area contributed by atoms with Gasteiger partial charge in [-0.3, -0.25) is 14.4 Å². The van der Waals surface area contributed by atoms with Crippen LogP contribution in [0.1, 0.15) is 56.3 Å². The molecule has 1 saturated carbocycles. The van der Waals surface area contributed by atoms with Crippen molar-refractivity contribution in [3.05, 3.63) is 58.5 Å². The van der Waals surface area contributed by atoms with Crippen molar-refractivity contribution in [1.29, 1.82) is 0 Å². The molecule has 1 saturated heterocycles. The number of carbonyl (C=O) groups excluding carboxylic acids is 2. The highest BCUT2D eigenvalue weighted by Gasteiger charge is 2.49. The Kier molecular flexibility index (Phi) is 8.14. The van der Waals surface area contributed by atoms with E-state index in [1.165, 1.54) is 22.0 Å². The molecule has 2 atom stereocenters. The maximum Gasteiger partial charge on any atom is 0.255 e. The number of hydrogen-bond donors (Lipinski definition) is 2. The quantitative estimate of drug-likeness (QED) is 0.554. The van der Waals surface area contributed by atoms with E-state index in [1.54, 1.807) is 25.2 Å². The van der Waals surface area contributed by atoms with E-state index in [9.17, 15) is 24.6 Å². The topological polar surface area (TPSA) is 103 Å². The normalized spacial score (nSPS) is 22.0. The van der Waals surface area contributed by atoms with Crippen LogP contribution in [0, 0.1) is 17.3 Å². The molecule has 1 aromatic heterocycles. The Bertz CT molecular complexity index is 1220. The minimum atomic E-state index is -1.27. The molecule has 1 aliphatic heterocycles. The largest absolute Gasteiger partial charge is 0.396 e. The van der Waals surface area contributed by atoms with Gasteiger partial charge in [-0.25, -0.2) is 0 Å². The van der Waals surface area contributed by atoms with Gasteiger partial charge in [-0.05, 0) is 24.3 Å². The van der Waals surface area contributed by atoms with Gasteiger partial charge >= 0.3 is 0 Å². The lowest BCUT2D eigenvalue weighted by Crippen LogP contribution is -2.61. The summed E-state index contributed by atoms with van der Waals surface area (Å²) < 4.78 is 1.43. The first kappa shape index (κ1) is 28.0. The molecule has 8 nitrogen and oxygen atoms in total. The molecule has 0 radical (unpaired) electrons. The average Bonchev–Trinajstić information content (AvgIpc) is 2.86. The first-order valence-electron chi connectivity index (χ1n) is 13.6. The first-order chi connectivity index (χ1) is 18.0. The summed E-state index contributed by atoms with van der Waals surface area (Å²) in [5.41, 5.74) is -0.588. The molecule has 1 aliphatic carbocycles. The Hall–Kier alpha value is -2.97. The van der Waals surface area contributed by atoms with Crippen LogP contribution in [0.5, 0.6) is 0 Å². The summed E-state index contributed by atoms with van der Waals surface area (Å²) in [4.78, 5) is 42.8. The number of hydrogen-bond acceptors (Lipinski definition) is 5.